The SMILES string of the molecule is CN(C(=O)c1ccc(N)cc1N)C1CCS(=O)(=O)C1. The van der Waals surface area contributed by atoms with Crippen LogP contribution in [0.25, 0.3) is 0 Å². The highest BCUT2D eigenvalue weighted by molar-refractivity contribution is 7.91. The van der Waals surface area contributed by atoms with Gasteiger partial charge in [-0.3, -0.25) is 4.79 Å². The number of nitrogen functional groups attached to an aromatic ring is 2. The average Bonchev–Trinajstić information content (AvgIpc) is 2.68. The van der Waals surface area contributed by atoms with Crippen LogP contribution in [0.5, 0.6) is 0 Å². The fourth-order valence-corrected chi connectivity index (χ4v) is 3.99. The van der Waals surface area contributed by atoms with Crippen molar-refractivity contribution in [1.29, 1.82) is 0 Å². The summed E-state index contributed by atoms with van der Waals surface area (Å²) >= 11 is 0. The van der Waals surface area contributed by atoms with Gasteiger partial charge in [-0.05, 0) is 24.6 Å². The van der Waals surface area contributed by atoms with E-state index in [1.165, 1.54) is 11.0 Å². The van der Waals surface area contributed by atoms with E-state index in [2.05, 4.69) is 0 Å². The lowest BCUT2D eigenvalue weighted by molar-refractivity contribution is 0.0749. The Morgan fingerprint density at radius 1 is 1.37 bits per heavy atom. The molecule has 1 saturated heterocycles. The van der Waals surface area contributed by atoms with Crippen molar-refractivity contribution >= 4 is 27.1 Å². The first-order valence-corrected chi connectivity index (χ1v) is 7.75. The second-order valence-corrected chi connectivity index (χ2v) is 7.05. The van der Waals surface area contributed by atoms with E-state index in [-0.39, 0.29) is 23.5 Å². The van der Waals surface area contributed by atoms with Crippen LogP contribution in [0.15, 0.2) is 18.2 Å². The third kappa shape index (κ3) is 2.81. The molecule has 0 saturated carbocycles. The highest BCUT2D eigenvalue weighted by Gasteiger charge is 2.33. The molecule has 7 heteroatoms. The topological polar surface area (TPSA) is 106 Å². The van der Waals surface area contributed by atoms with Crippen LogP contribution >= 0.6 is 0 Å². The van der Waals surface area contributed by atoms with E-state index in [0.29, 0.717) is 23.4 Å². The van der Waals surface area contributed by atoms with Gasteiger partial charge in [0.25, 0.3) is 5.91 Å². The Morgan fingerprint density at radius 3 is 2.58 bits per heavy atom. The van der Waals surface area contributed by atoms with Gasteiger partial charge in [-0.1, -0.05) is 0 Å². The number of hydrogen-bond acceptors (Lipinski definition) is 5. The molecule has 104 valence electrons. The Hall–Kier alpha value is -1.76. The van der Waals surface area contributed by atoms with Crippen molar-refractivity contribution in [2.45, 2.75) is 12.5 Å². The third-order valence-corrected chi connectivity index (χ3v) is 5.13. The smallest absolute Gasteiger partial charge is 0.255 e. The van der Waals surface area contributed by atoms with E-state index in [1.807, 2.05) is 0 Å². The van der Waals surface area contributed by atoms with E-state index >= 15 is 0 Å². The van der Waals surface area contributed by atoms with Gasteiger partial charge in [-0.25, -0.2) is 8.42 Å². The van der Waals surface area contributed by atoms with Crippen molar-refractivity contribution in [3.8, 4) is 0 Å². The molecule has 0 radical (unpaired) electrons. The maximum Gasteiger partial charge on any atom is 0.255 e. The fraction of sp³-hybridized carbons (Fsp3) is 0.417. The first-order chi connectivity index (χ1) is 8.80. The minimum atomic E-state index is -3.02. The molecule has 0 spiro atoms. The fourth-order valence-electron chi connectivity index (χ4n) is 2.21. The zero-order chi connectivity index (χ0) is 14.2. The van der Waals surface area contributed by atoms with E-state index in [1.54, 1.807) is 19.2 Å². The number of carbonyl (C=O) groups excluding carboxylic acids is 1. The molecule has 1 unspecified atom stereocenters. The molecule has 0 aliphatic carbocycles. The standard InChI is InChI=1S/C12H17N3O3S/c1-15(9-4-5-19(17,18)7-9)12(16)10-3-2-8(13)6-11(10)14/h2-3,6,9H,4-5,7,13-14H2,1H3. The zero-order valence-corrected chi connectivity index (χ0v) is 11.5. The Kier molecular flexibility index (Phi) is 3.40. The Balaban J connectivity index is 2.20. The van der Waals surface area contributed by atoms with Crippen molar-refractivity contribution in [1.82, 2.24) is 4.90 Å². The molecule has 1 atom stereocenters. The molecule has 19 heavy (non-hydrogen) atoms. The summed E-state index contributed by atoms with van der Waals surface area (Å²) < 4.78 is 22.9. The largest absolute Gasteiger partial charge is 0.399 e. The van der Waals surface area contributed by atoms with Crippen LogP contribution in [-0.2, 0) is 9.84 Å². The van der Waals surface area contributed by atoms with Gasteiger partial charge >= 0.3 is 0 Å². The van der Waals surface area contributed by atoms with Gasteiger partial charge < -0.3 is 16.4 Å². The minimum Gasteiger partial charge on any atom is -0.399 e. The van der Waals surface area contributed by atoms with Crippen molar-refractivity contribution in [3.05, 3.63) is 23.8 Å². The van der Waals surface area contributed by atoms with Gasteiger partial charge in [-0.2, -0.15) is 0 Å². The number of nitrogens with zero attached hydrogens (tertiary/aromatic N) is 1. The lowest BCUT2D eigenvalue weighted by Gasteiger charge is -2.24. The van der Waals surface area contributed by atoms with Crippen molar-refractivity contribution in [3.63, 3.8) is 0 Å². The van der Waals surface area contributed by atoms with Gasteiger partial charge in [0.1, 0.15) is 0 Å². The predicted octanol–water partition coefficient (Wildman–Crippen LogP) is 0.110. The maximum absolute atomic E-state index is 12.3. The molecule has 1 aromatic carbocycles. The van der Waals surface area contributed by atoms with E-state index in [4.69, 9.17) is 11.5 Å². The van der Waals surface area contributed by atoms with Gasteiger partial charge in [0.2, 0.25) is 0 Å². The summed E-state index contributed by atoms with van der Waals surface area (Å²) in [6.07, 6.45) is 0.472. The summed E-state index contributed by atoms with van der Waals surface area (Å²) in [5, 5.41) is 0. The van der Waals surface area contributed by atoms with Crippen LogP contribution in [0.4, 0.5) is 11.4 Å². The normalized spacial score (nSPS) is 21.2. The van der Waals surface area contributed by atoms with E-state index in [9.17, 15) is 13.2 Å². The summed E-state index contributed by atoms with van der Waals surface area (Å²) in [6.45, 7) is 0. The molecule has 1 aromatic rings. The van der Waals surface area contributed by atoms with Gasteiger partial charge in [0.15, 0.2) is 9.84 Å². The van der Waals surface area contributed by atoms with Crippen molar-refractivity contribution in [2.75, 3.05) is 30.0 Å². The van der Waals surface area contributed by atoms with E-state index in [0.717, 1.165) is 0 Å². The molecular formula is C12H17N3O3S. The molecule has 1 aliphatic rings. The first-order valence-electron chi connectivity index (χ1n) is 5.93. The van der Waals surface area contributed by atoms with Crippen LogP contribution in [0, 0.1) is 0 Å². The number of amides is 1. The quantitative estimate of drug-likeness (QED) is 0.749. The van der Waals surface area contributed by atoms with Crippen LogP contribution in [0.1, 0.15) is 16.8 Å². The van der Waals surface area contributed by atoms with Crippen LogP contribution in [-0.4, -0.2) is 43.8 Å². The zero-order valence-electron chi connectivity index (χ0n) is 10.7. The second kappa shape index (κ2) is 4.73. The maximum atomic E-state index is 12.3. The molecule has 1 aliphatic heterocycles. The van der Waals surface area contributed by atoms with Crippen LogP contribution < -0.4 is 11.5 Å². The number of nitrogens with two attached hydrogens (primary N) is 2. The molecule has 1 heterocycles. The molecule has 6 nitrogen and oxygen atoms in total. The monoisotopic (exact) mass is 283 g/mol. The summed E-state index contributed by atoms with van der Waals surface area (Å²) in [5.74, 6) is -0.129. The number of rotatable bonds is 2. The van der Waals surface area contributed by atoms with Crippen LogP contribution in [0.2, 0.25) is 0 Å². The highest BCUT2D eigenvalue weighted by Crippen LogP contribution is 2.22. The predicted molar refractivity (Wildman–Crippen MR) is 74.4 cm³/mol. The van der Waals surface area contributed by atoms with Gasteiger partial charge in [-0.15, -0.1) is 0 Å². The first kappa shape index (κ1) is 13.7. The Labute approximate surface area is 112 Å². The molecule has 0 bridgehead atoms. The minimum absolute atomic E-state index is 0.0180. The summed E-state index contributed by atoms with van der Waals surface area (Å²) in [6, 6.07) is 4.40. The number of anilines is 2. The molecular weight excluding hydrogens is 266 g/mol. The molecule has 2 rings (SSSR count). The van der Waals surface area contributed by atoms with Gasteiger partial charge in [0.05, 0.1) is 17.1 Å². The average molecular weight is 283 g/mol. The third-order valence-electron chi connectivity index (χ3n) is 3.38. The molecule has 4 N–H and O–H groups in total. The molecule has 1 fully saturated rings. The Bertz CT molecular complexity index is 613. The Morgan fingerprint density at radius 2 is 2.05 bits per heavy atom. The number of benzene rings is 1. The summed E-state index contributed by atoms with van der Waals surface area (Å²) in [5.41, 5.74) is 12.5. The molecule has 0 aromatic heterocycles. The van der Waals surface area contributed by atoms with E-state index < -0.39 is 9.84 Å². The van der Waals surface area contributed by atoms with Crippen molar-refractivity contribution < 1.29 is 13.2 Å². The molecule has 1 amide bonds. The van der Waals surface area contributed by atoms with Crippen molar-refractivity contribution in [2.24, 2.45) is 0 Å². The number of carbonyl (C=O) groups is 1. The lowest BCUT2D eigenvalue weighted by atomic mass is 10.1. The summed E-state index contributed by atoms with van der Waals surface area (Å²) in [7, 11) is -1.42. The van der Waals surface area contributed by atoms with Crippen LogP contribution in [0.3, 0.4) is 0 Å². The number of hydrogen-bond donors (Lipinski definition) is 2. The highest BCUT2D eigenvalue weighted by atomic mass is 32.2. The summed E-state index contributed by atoms with van der Waals surface area (Å²) in [4.78, 5) is 13.7. The number of sulfone groups is 1. The lowest BCUT2D eigenvalue weighted by Crippen LogP contribution is -2.38. The van der Waals surface area contributed by atoms with Gasteiger partial charge in [0, 0.05) is 24.5 Å². The second-order valence-electron chi connectivity index (χ2n) is 4.82.